The molecule has 0 aromatic heterocycles. The summed E-state index contributed by atoms with van der Waals surface area (Å²) in [6.07, 6.45) is 3.95. The molecule has 2 aromatic rings. The Bertz CT molecular complexity index is 1030. The number of benzene rings is 2. The summed E-state index contributed by atoms with van der Waals surface area (Å²) in [5, 5.41) is 3.54. The number of rotatable bonds is 11. The molecule has 1 N–H and O–H groups in total. The van der Waals surface area contributed by atoms with Crippen LogP contribution in [0.15, 0.2) is 36.4 Å². The minimum atomic E-state index is -0.654. The van der Waals surface area contributed by atoms with Crippen LogP contribution in [0.25, 0.3) is 0 Å². The van der Waals surface area contributed by atoms with Crippen molar-refractivity contribution in [2.75, 3.05) is 33.6 Å². The highest BCUT2D eigenvalue weighted by Crippen LogP contribution is 2.48. The molecule has 0 saturated heterocycles. The van der Waals surface area contributed by atoms with Gasteiger partial charge in [-0.1, -0.05) is 26.0 Å². The van der Waals surface area contributed by atoms with Crippen molar-refractivity contribution in [3.05, 3.63) is 58.9 Å². The summed E-state index contributed by atoms with van der Waals surface area (Å²) in [4.78, 5) is 12.6. The maximum absolute atomic E-state index is 13.9. The molecule has 1 aliphatic heterocycles. The molecule has 7 heteroatoms. The van der Waals surface area contributed by atoms with Crippen molar-refractivity contribution in [2.24, 2.45) is 5.92 Å². The van der Waals surface area contributed by atoms with E-state index >= 15 is 0 Å². The monoisotopic (exact) mass is 485 g/mol. The second-order valence-electron chi connectivity index (χ2n) is 9.83. The van der Waals surface area contributed by atoms with Gasteiger partial charge in [-0.15, -0.1) is 0 Å². The molecule has 0 unspecified atom stereocenters. The predicted octanol–water partition coefficient (Wildman–Crippen LogP) is 4.78. The van der Waals surface area contributed by atoms with E-state index in [-0.39, 0.29) is 37.0 Å². The van der Waals surface area contributed by atoms with Gasteiger partial charge in [0.05, 0.1) is 0 Å². The molecule has 0 saturated carbocycles. The van der Waals surface area contributed by atoms with Crippen LogP contribution in [-0.4, -0.2) is 45.2 Å². The summed E-state index contributed by atoms with van der Waals surface area (Å²) in [6.45, 7) is 6.06. The molecule has 0 spiro atoms. The van der Waals surface area contributed by atoms with Gasteiger partial charge in [-0.25, -0.2) is 9.18 Å². The van der Waals surface area contributed by atoms with E-state index in [1.807, 2.05) is 18.2 Å². The third kappa shape index (κ3) is 5.96. The topological polar surface area (TPSA) is 66.0 Å². The number of carbonyl (C=O) groups excluding carboxylic acids is 1. The van der Waals surface area contributed by atoms with Gasteiger partial charge < -0.3 is 24.3 Å². The number of hydrogen-bond acceptors (Lipinski definition) is 6. The Morgan fingerprint density at radius 1 is 1.17 bits per heavy atom. The highest BCUT2D eigenvalue weighted by Gasteiger charge is 2.47. The van der Waals surface area contributed by atoms with Crippen molar-refractivity contribution in [3.8, 4) is 11.5 Å². The molecule has 2 aliphatic rings. The van der Waals surface area contributed by atoms with Gasteiger partial charge in [0.1, 0.15) is 18.0 Å². The van der Waals surface area contributed by atoms with Crippen LogP contribution in [0.4, 0.5) is 4.39 Å². The largest absolute Gasteiger partial charge is 0.457 e. The van der Waals surface area contributed by atoms with Gasteiger partial charge in [-0.05, 0) is 85.6 Å². The average molecular weight is 486 g/mol. The Kier molecular flexibility index (Phi) is 8.29. The van der Waals surface area contributed by atoms with E-state index in [4.69, 9.17) is 18.9 Å². The summed E-state index contributed by atoms with van der Waals surface area (Å²) >= 11 is 0. The van der Waals surface area contributed by atoms with Gasteiger partial charge in [0.15, 0.2) is 11.5 Å². The highest BCUT2D eigenvalue weighted by atomic mass is 19.1. The Morgan fingerprint density at radius 3 is 2.80 bits per heavy atom. The van der Waals surface area contributed by atoms with Crippen LogP contribution < -0.4 is 14.8 Å². The Labute approximate surface area is 207 Å². The summed E-state index contributed by atoms with van der Waals surface area (Å²) in [7, 11) is 1.49. The highest BCUT2D eigenvalue weighted by molar-refractivity contribution is 5.71. The number of methoxy groups -OCH3 is 1. The maximum Gasteiger partial charge on any atom is 0.332 e. The lowest BCUT2D eigenvalue weighted by Gasteiger charge is -2.46. The molecule has 6 nitrogen and oxygen atoms in total. The van der Waals surface area contributed by atoms with Gasteiger partial charge in [-0.3, -0.25) is 0 Å². The van der Waals surface area contributed by atoms with Crippen LogP contribution in [0.3, 0.4) is 0 Å². The van der Waals surface area contributed by atoms with E-state index in [2.05, 4.69) is 25.2 Å². The Balaban J connectivity index is 1.39. The number of carbonyl (C=O) groups is 1. The van der Waals surface area contributed by atoms with Gasteiger partial charge in [0, 0.05) is 19.4 Å². The standard InChI is InChI=1S/C28H36FNO5/c1-19(2)27-23-8-7-22(29)16-21(23)10-11-28(27,35-26(31)17-32-3)12-14-30-13-4-5-20-6-9-24-25(15-20)34-18-33-24/h6-9,15-16,19,27,30H,4-5,10-14,17-18H2,1-3H3/t27-,28-/m1/s1. The molecule has 1 heterocycles. The van der Waals surface area contributed by atoms with Crippen LogP contribution in [0, 0.1) is 11.7 Å². The summed E-state index contributed by atoms with van der Waals surface area (Å²) in [5.74, 6) is 1.25. The minimum absolute atomic E-state index is 0.0110. The molecular weight excluding hydrogens is 449 g/mol. The van der Waals surface area contributed by atoms with Crippen molar-refractivity contribution in [3.63, 3.8) is 0 Å². The fourth-order valence-electron chi connectivity index (χ4n) is 5.61. The molecule has 0 fully saturated rings. The molecule has 0 radical (unpaired) electrons. The SMILES string of the molecule is COCC(=O)O[C@@]1(CCNCCCc2ccc3c(c2)OCO3)CCc2cc(F)ccc2[C@H]1C(C)C. The molecule has 190 valence electrons. The van der Waals surface area contributed by atoms with E-state index < -0.39 is 5.60 Å². The maximum atomic E-state index is 13.9. The van der Waals surface area contributed by atoms with E-state index in [9.17, 15) is 9.18 Å². The number of hydrogen-bond donors (Lipinski definition) is 1. The van der Waals surface area contributed by atoms with Crippen molar-refractivity contribution in [1.82, 2.24) is 5.32 Å². The quantitative estimate of drug-likeness (QED) is 0.365. The molecule has 2 aromatic carbocycles. The fraction of sp³-hybridized carbons (Fsp3) is 0.536. The molecule has 2 atom stereocenters. The van der Waals surface area contributed by atoms with Gasteiger partial charge in [-0.2, -0.15) is 0 Å². The minimum Gasteiger partial charge on any atom is -0.457 e. The van der Waals surface area contributed by atoms with Gasteiger partial charge in [0.25, 0.3) is 0 Å². The summed E-state index contributed by atoms with van der Waals surface area (Å²) < 4.78 is 36.0. The third-order valence-electron chi connectivity index (χ3n) is 7.05. The number of halogens is 1. The second-order valence-corrected chi connectivity index (χ2v) is 9.83. The lowest BCUT2D eigenvalue weighted by molar-refractivity contribution is -0.171. The lowest BCUT2D eigenvalue weighted by Crippen LogP contribution is -2.49. The van der Waals surface area contributed by atoms with Crippen molar-refractivity contribution < 1.29 is 28.1 Å². The molecule has 4 rings (SSSR count). The van der Waals surface area contributed by atoms with Crippen molar-refractivity contribution >= 4 is 5.97 Å². The number of aryl methyl sites for hydroxylation is 2. The predicted molar refractivity (Wildman–Crippen MR) is 131 cm³/mol. The van der Waals surface area contributed by atoms with E-state index in [0.717, 1.165) is 48.6 Å². The van der Waals surface area contributed by atoms with E-state index in [1.54, 1.807) is 6.07 Å². The van der Waals surface area contributed by atoms with E-state index in [1.165, 1.54) is 18.7 Å². The Morgan fingerprint density at radius 2 is 2.00 bits per heavy atom. The first kappa shape index (κ1) is 25.5. The molecular formula is C28H36FNO5. The first-order valence-electron chi connectivity index (χ1n) is 12.5. The van der Waals surface area contributed by atoms with Crippen LogP contribution in [0.2, 0.25) is 0 Å². The van der Waals surface area contributed by atoms with Crippen LogP contribution in [0.1, 0.15) is 55.7 Å². The van der Waals surface area contributed by atoms with Gasteiger partial charge >= 0.3 is 5.97 Å². The zero-order valence-corrected chi connectivity index (χ0v) is 20.9. The number of esters is 1. The number of ether oxygens (including phenoxy) is 4. The van der Waals surface area contributed by atoms with Crippen molar-refractivity contribution in [1.29, 1.82) is 0 Å². The second kappa shape index (κ2) is 11.4. The lowest BCUT2D eigenvalue weighted by atomic mass is 9.65. The van der Waals surface area contributed by atoms with Crippen LogP contribution >= 0.6 is 0 Å². The molecule has 0 amide bonds. The Hall–Kier alpha value is -2.64. The molecule has 0 bridgehead atoms. The normalized spacial score (nSPS) is 20.7. The first-order chi connectivity index (χ1) is 16.9. The fourth-order valence-corrected chi connectivity index (χ4v) is 5.61. The number of nitrogens with one attached hydrogen (secondary N) is 1. The molecule has 35 heavy (non-hydrogen) atoms. The smallest absolute Gasteiger partial charge is 0.332 e. The zero-order valence-electron chi connectivity index (χ0n) is 20.9. The first-order valence-corrected chi connectivity index (χ1v) is 12.5. The summed E-state index contributed by atoms with van der Waals surface area (Å²) in [6, 6.07) is 11.1. The van der Waals surface area contributed by atoms with Crippen LogP contribution in [0.5, 0.6) is 11.5 Å². The third-order valence-corrected chi connectivity index (χ3v) is 7.05. The summed E-state index contributed by atoms with van der Waals surface area (Å²) in [5.41, 5.74) is 2.66. The van der Waals surface area contributed by atoms with Crippen molar-refractivity contribution in [2.45, 2.75) is 57.5 Å². The zero-order chi connectivity index (χ0) is 24.8. The van der Waals surface area contributed by atoms with Gasteiger partial charge in [0.2, 0.25) is 6.79 Å². The van der Waals surface area contributed by atoms with E-state index in [0.29, 0.717) is 19.3 Å². The average Bonchev–Trinajstić information content (AvgIpc) is 3.29. The van der Waals surface area contributed by atoms with Crippen LogP contribution in [-0.2, 0) is 27.1 Å². The molecule has 1 aliphatic carbocycles. The number of fused-ring (bicyclic) bond motifs is 2.